The van der Waals surface area contributed by atoms with Gasteiger partial charge in [-0.25, -0.2) is 9.18 Å². The average molecular weight is 448 g/mol. The van der Waals surface area contributed by atoms with Crippen LogP contribution in [-0.4, -0.2) is 64.4 Å². The first-order valence-electron chi connectivity index (χ1n) is 10.3. The fourth-order valence-corrected chi connectivity index (χ4v) is 3.22. The van der Waals surface area contributed by atoms with Crippen LogP contribution in [-0.2, 0) is 20.7 Å². The molecule has 0 spiro atoms. The van der Waals surface area contributed by atoms with E-state index >= 15 is 0 Å². The van der Waals surface area contributed by atoms with E-state index in [4.69, 9.17) is 14.2 Å². The Hall–Kier alpha value is -3.13. The molecule has 0 saturated heterocycles. The van der Waals surface area contributed by atoms with Gasteiger partial charge >= 0.3 is 5.97 Å². The molecule has 0 aliphatic heterocycles. The van der Waals surface area contributed by atoms with Crippen molar-refractivity contribution in [3.8, 4) is 11.5 Å². The smallest absolute Gasteiger partial charge is 0.331 e. The molecule has 0 aliphatic carbocycles. The number of nitrogens with zero attached hydrogens (tertiary/aromatic N) is 1. The first-order chi connectivity index (χ1) is 15.4. The molecule has 8 heteroatoms. The summed E-state index contributed by atoms with van der Waals surface area (Å²) in [5.74, 6) is 0.145. The van der Waals surface area contributed by atoms with Crippen LogP contribution in [0.3, 0.4) is 0 Å². The second-order valence-electron chi connectivity index (χ2n) is 7.16. The standard InChI is InChI=1S/C24H30FNO6/c1-17-21(29-2)14-19(15-22(17)30-3)24(28)26(12-13-32-16-23(27)31-4)11-5-6-18-7-9-20(25)10-8-18/h7-10,14-15H,5-6,11-13,16H2,1-4H3. The van der Waals surface area contributed by atoms with Crippen molar-refractivity contribution in [3.63, 3.8) is 0 Å². The van der Waals surface area contributed by atoms with Crippen LogP contribution in [0.25, 0.3) is 0 Å². The summed E-state index contributed by atoms with van der Waals surface area (Å²) >= 11 is 0. The number of aryl methyl sites for hydroxylation is 1. The SMILES string of the molecule is COC(=O)COCCN(CCCc1ccc(F)cc1)C(=O)c1cc(OC)c(C)c(OC)c1. The maximum Gasteiger partial charge on any atom is 0.331 e. The third kappa shape index (κ3) is 7.23. The summed E-state index contributed by atoms with van der Waals surface area (Å²) in [5.41, 5.74) is 2.22. The van der Waals surface area contributed by atoms with E-state index in [9.17, 15) is 14.0 Å². The predicted octanol–water partition coefficient (Wildman–Crippen LogP) is 3.42. The topological polar surface area (TPSA) is 74.3 Å². The van der Waals surface area contributed by atoms with E-state index in [0.717, 1.165) is 11.1 Å². The van der Waals surface area contributed by atoms with Crippen molar-refractivity contribution < 1.29 is 32.9 Å². The molecule has 0 atom stereocenters. The van der Waals surface area contributed by atoms with Crippen LogP contribution in [0.4, 0.5) is 4.39 Å². The van der Waals surface area contributed by atoms with Crippen LogP contribution < -0.4 is 9.47 Å². The molecule has 0 aromatic heterocycles. The molecule has 0 radical (unpaired) electrons. The third-order valence-corrected chi connectivity index (χ3v) is 5.05. The number of amides is 1. The number of hydrogen-bond donors (Lipinski definition) is 0. The molecule has 7 nitrogen and oxygen atoms in total. The highest BCUT2D eigenvalue weighted by atomic mass is 19.1. The molecule has 0 heterocycles. The third-order valence-electron chi connectivity index (χ3n) is 5.05. The lowest BCUT2D eigenvalue weighted by atomic mass is 10.1. The maximum atomic E-state index is 13.3. The molecule has 174 valence electrons. The molecule has 0 bridgehead atoms. The van der Waals surface area contributed by atoms with Crippen LogP contribution in [0.2, 0.25) is 0 Å². The van der Waals surface area contributed by atoms with Gasteiger partial charge in [-0.05, 0) is 49.6 Å². The number of rotatable bonds is 12. The Labute approximate surface area is 188 Å². The Morgan fingerprint density at radius 1 is 0.969 bits per heavy atom. The monoisotopic (exact) mass is 447 g/mol. The summed E-state index contributed by atoms with van der Waals surface area (Å²) in [6.45, 7) is 2.60. The summed E-state index contributed by atoms with van der Waals surface area (Å²) < 4.78 is 33.8. The lowest BCUT2D eigenvalue weighted by Crippen LogP contribution is -2.35. The van der Waals surface area contributed by atoms with E-state index in [1.807, 2.05) is 6.92 Å². The zero-order chi connectivity index (χ0) is 23.5. The van der Waals surface area contributed by atoms with Crippen molar-refractivity contribution in [2.45, 2.75) is 19.8 Å². The van der Waals surface area contributed by atoms with Crippen molar-refractivity contribution in [1.82, 2.24) is 4.90 Å². The molecule has 0 saturated carbocycles. The van der Waals surface area contributed by atoms with Crippen molar-refractivity contribution in [3.05, 3.63) is 58.9 Å². The molecule has 2 rings (SSSR count). The minimum Gasteiger partial charge on any atom is -0.496 e. The number of carbonyl (C=O) groups is 2. The normalized spacial score (nSPS) is 10.5. The van der Waals surface area contributed by atoms with Gasteiger partial charge < -0.3 is 23.8 Å². The Bertz CT molecular complexity index is 875. The number of esters is 1. The van der Waals surface area contributed by atoms with Gasteiger partial charge in [0.15, 0.2) is 0 Å². The van der Waals surface area contributed by atoms with Crippen molar-refractivity contribution >= 4 is 11.9 Å². The minimum atomic E-state index is -0.479. The summed E-state index contributed by atoms with van der Waals surface area (Å²) in [5, 5.41) is 0. The number of halogens is 1. The summed E-state index contributed by atoms with van der Waals surface area (Å²) in [4.78, 5) is 26.2. The van der Waals surface area contributed by atoms with Crippen LogP contribution >= 0.6 is 0 Å². The van der Waals surface area contributed by atoms with E-state index in [1.54, 1.807) is 29.2 Å². The van der Waals surface area contributed by atoms with Crippen molar-refractivity contribution in [1.29, 1.82) is 0 Å². The molecule has 0 aliphatic rings. The number of ether oxygens (including phenoxy) is 4. The summed E-state index contributed by atoms with van der Waals surface area (Å²) in [6, 6.07) is 9.67. The van der Waals surface area contributed by atoms with E-state index < -0.39 is 5.97 Å². The van der Waals surface area contributed by atoms with Crippen LogP contribution in [0.1, 0.15) is 27.9 Å². The highest BCUT2D eigenvalue weighted by molar-refractivity contribution is 5.95. The van der Waals surface area contributed by atoms with Gasteiger partial charge in [0.2, 0.25) is 0 Å². The van der Waals surface area contributed by atoms with E-state index in [1.165, 1.54) is 33.5 Å². The van der Waals surface area contributed by atoms with E-state index in [0.29, 0.717) is 36.4 Å². The Kier molecular flexibility index (Phi) is 9.94. The Morgan fingerprint density at radius 2 is 1.59 bits per heavy atom. The molecule has 0 fully saturated rings. The van der Waals surface area contributed by atoms with Gasteiger partial charge in [-0.1, -0.05) is 12.1 Å². The first-order valence-corrected chi connectivity index (χ1v) is 10.3. The molecular formula is C24H30FNO6. The Balaban J connectivity index is 2.11. The fraction of sp³-hybridized carbons (Fsp3) is 0.417. The second-order valence-corrected chi connectivity index (χ2v) is 7.16. The van der Waals surface area contributed by atoms with E-state index in [-0.39, 0.29) is 31.5 Å². The molecule has 0 unspecified atom stereocenters. The second kappa shape index (κ2) is 12.7. The predicted molar refractivity (Wildman–Crippen MR) is 118 cm³/mol. The van der Waals surface area contributed by atoms with Gasteiger partial charge in [-0.3, -0.25) is 4.79 Å². The molecule has 32 heavy (non-hydrogen) atoms. The molecule has 0 N–H and O–H groups in total. The van der Waals surface area contributed by atoms with Crippen LogP contribution in [0, 0.1) is 12.7 Å². The lowest BCUT2D eigenvalue weighted by molar-refractivity contribution is -0.145. The van der Waals surface area contributed by atoms with Crippen LogP contribution in [0.5, 0.6) is 11.5 Å². The number of methoxy groups -OCH3 is 3. The van der Waals surface area contributed by atoms with Crippen LogP contribution in [0.15, 0.2) is 36.4 Å². The molecule has 2 aromatic carbocycles. The Morgan fingerprint density at radius 3 is 2.16 bits per heavy atom. The molecule has 2 aromatic rings. The lowest BCUT2D eigenvalue weighted by Gasteiger charge is -2.24. The van der Waals surface area contributed by atoms with Gasteiger partial charge in [0.05, 0.1) is 27.9 Å². The quantitative estimate of drug-likeness (QED) is 0.367. The van der Waals surface area contributed by atoms with Gasteiger partial charge in [-0.15, -0.1) is 0 Å². The largest absolute Gasteiger partial charge is 0.496 e. The molecule has 1 amide bonds. The zero-order valence-electron chi connectivity index (χ0n) is 19.0. The highest BCUT2D eigenvalue weighted by Crippen LogP contribution is 2.30. The number of benzene rings is 2. The summed E-state index contributed by atoms with van der Waals surface area (Å²) in [7, 11) is 4.36. The first kappa shape index (κ1) is 25.1. The highest BCUT2D eigenvalue weighted by Gasteiger charge is 2.19. The van der Waals surface area contributed by atoms with Gasteiger partial charge in [0.25, 0.3) is 5.91 Å². The minimum absolute atomic E-state index is 0.178. The van der Waals surface area contributed by atoms with Gasteiger partial charge in [0, 0.05) is 24.2 Å². The number of hydrogen-bond acceptors (Lipinski definition) is 6. The molecular weight excluding hydrogens is 417 g/mol. The van der Waals surface area contributed by atoms with Gasteiger partial charge in [0.1, 0.15) is 23.9 Å². The van der Waals surface area contributed by atoms with E-state index in [2.05, 4.69) is 4.74 Å². The van der Waals surface area contributed by atoms with Gasteiger partial charge in [-0.2, -0.15) is 0 Å². The summed E-state index contributed by atoms with van der Waals surface area (Å²) in [6.07, 6.45) is 1.36. The van der Waals surface area contributed by atoms with Crippen molar-refractivity contribution in [2.75, 3.05) is 47.6 Å². The number of carbonyl (C=O) groups excluding carboxylic acids is 2. The average Bonchev–Trinajstić information content (AvgIpc) is 2.81. The van der Waals surface area contributed by atoms with Crippen molar-refractivity contribution in [2.24, 2.45) is 0 Å². The zero-order valence-corrected chi connectivity index (χ0v) is 19.0. The fourth-order valence-electron chi connectivity index (χ4n) is 3.22. The maximum absolute atomic E-state index is 13.3.